The third-order valence-corrected chi connectivity index (χ3v) is 6.31. The van der Waals surface area contributed by atoms with Crippen molar-refractivity contribution in [3.8, 4) is 17.2 Å². The molecule has 1 saturated heterocycles. The van der Waals surface area contributed by atoms with Gasteiger partial charge in [-0.05, 0) is 69.2 Å². The number of carbonyl (C=O) groups is 2. The Kier molecular flexibility index (Phi) is 7.53. The van der Waals surface area contributed by atoms with Crippen LogP contribution in [-0.2, 0) is 9.59 Å². The number of hydrogen-bond donors (Lipinski definition) is 1. The number of aliphatic hydroxyl groups excluding tert-OH is 1. The van der Waals surface area contributed by atoms with Gasteiger partial charge in [-0.3, -0.25) is 14.5 Å². The molecular formula is C30H31NO6. The van der Waals surface area contributed by atoms with Gasteiger partial charge in [-0.1, -0.05) is 29.8 Å². The van der Waals surface area contributed by atoms with Gasteiger partial charge in [0.15, 0.2) is 0 Å². The van der Waals surface area contributed by atoms with Crippen molar-refractivity contribution in [2.24, 2.45) is 0 Å². The maximum atomic E-state index is 13.5. The smallest absolute Gasteiger partial charge is 0.300 e. The summed E-state index contributed by atoms with van der Waals surface area (Å²) in [7, 11) is 1.57. The highest BCUT2D eigenvalue weighted by Gasteiger charge is 2.47. The van der Waals surface area contributed by atoms with Crippen molar-refractivity contribution in [2.75, 3.05) is 25.2 Å². The Morgan fingerprint density at radius 2 is 1.57 bits per heavy atom. The Balaban J connectivity index is 1.95. The molecule has 0 bridgehead atoms. The van der Waals surface area contributed by atoms with E-state index in [0.717, 1.165) is 11.1 Å². The number of nitrogens with zero attached hydrogens (tertiary/aromatic N) is 1. The first-order chi connectivity index (χ1) is 17.8. The minimum absolute atomic E-state index is 0.0137. The summed E-state index contributed by atoms with van der Waals surface area (Å²) in [5.74, 6) is -0.217. The Hall–Kier alpha value is -4.26. The van der Waals surface area contributed by atoms with Gasteiger partial charge in [-0.15, -0.1) is 0 Å². The number of methoxy groups -OCH3 is 1. The predicted molar refractivity (Wildman–Crippen MR) is 142 cm³/mol. The number of benzene rings is 3. The second-order valence-corrected chi connectivity index (χ2v) is 8.76. The highest BCUT2D eigenvalue weighted by molar-refractivity contribution is 6.51. The summed E-state index contributed by atoms with van der Waals surface area (Å²) in [6.07, 6.45) is 0. The van der Waals surface area contributed by atoms with E-state index in [1.165, 1.54) is 4.90 Å². The topological polar surface area (TPSA) is 85.3 Å². The minimum Gasteiger partial charge on any atom is -0.507 e. The van der Waals surface area contributed by atoms with Crippen molar-refractivity contribution in [3.63, 3.8) is 0 Å². The van der Waals surface area contributed by atoms with E-state index in [4.69, 9.17) is 14.2 Å². The number of anilines is 1. The maximum absolute atomic E-state index is 13.5. The minimum atomic E-state index is -0.853. The van der Waals surface area contributed by atoms with E-state index in [-0.39, 0.29) is 11.3 Å². The van der Waals surface area contributed by atoms with Crippen LogP contribution in [-0.4, -0.2) is 37.1 Å². The molecular weight excluding hydrogens is 470 g/mol. The van der Waals surface area contributed by atoms with Crippen LogP contribution < -0.4 is 19.1 Å². The van der Waals surface area contributed by atoms with Gasteiger partial charge in [-0.25, -0.2) is 0 Å². The van der Waals surface area contributed by atoms with Crippen molar-refractivity contribution < 1.29 is 28.9 Å². The lowest BCUT2D eigenvalue weighted by atomic mass is 9.94. The van der Waals surface area contributed by atoms with Gasteiger partial charge in [0.25, 0.3) is 11.7 Å². The molecule has 1 aliphatic rings. The fraction of sp³-hybridized carbons (Fsp3) is 0.267. The molecule has 1 aliphatic heterocycles. The van der Waals surface area contributed by atoms with E-state index in [1.54, 1.807) is 49.6 Å². The quantitative estimate of drug-likeness (QED) is 0.241. The largest absolute Gasteiger partial charge is 0.507 e. The van der Waals surface area contributed by atoms with Gasteiger partial charge in [0, 0.05) is 11.8 Å². The molecule has 3 aromatic carbocycles. The first kappa shape index (κ1) is 25.8. The fourth-order valence-electron chi connectivity index (χ4n) is 4.63. The lowest BCUT2D eigenvalue weighted by Crippen LogP contribution is -2.30. The summed E-state index contributed by atoms with van der Waals surface area (Å²) >= 11 is 0. The second-order valence-electron chi connectivity index (χ2n) is 8.76. The SMILES string of the molecule is CCOc1ccc(/C(O)=C2/C(=O)C(=O)N(c3ccc(C)cc3C)C2c2ccc(OC)cc2)c(OCC)c1. The number of aryl methyl sites for hydroxylation is 2. The summed E-state index contributed by atoms with van der Waals surface area (Å²) in [6, 6.07) is 16.9. The highest BCUT2D eigenvalue weighted by atomic mass is 16.5. The summed E-state index contributed by atoms with van der Waals surface area (Å²) in [5, 5.41) is 11.6. The van der Waals surface area contributed by atoms with Crippen molar-refractivity contribution >= 4 is 23.1 Å². The molecule has 1 unspecified atom stereocenters. The van der Waals surface area contributed by atoms with E-state index in [9.17, 15) is 14.7 Å². The normalized spacial score (nSPS) is 16.7. The number of Topliss-reactive ketones (excluding diaryl/α,β-unsaturated/α-hetero) is 1. The Bertz CT molecular complexity index is 1360. The molecule has 0 saturated carbocycles. The van der Waals surface area contributed by atoms with Crippen molar-refractivity contribution in [1.29, 1.82) is 0 Å². The molecule has 4 rings (SSSR count). The standard InChI is InChI=1S/C30H31NO6/c1-6-36-22-13-14-23(25(17-22)37-7-2)28(32)26-27(20-9-11-21(35-5)12-10-20)31(30(34)29(26)33)24-15-8-18(3)16-19(24)4/h8-17,27,32H,6-7H2,1-5H3/b28-26-. The summed E-state index contributed by atoms with van der Waals surface area (Å²) in [4.78, 5) is 28.5. The Morgan fingerprint density at radius 3 is 2.19 bits per heavy atom. The zero-order chi connectivity index (χ0) is 26.7. The Morgan fingerprint density at radius 1 is 0.892 bits per heavy atom. The summed E-state index contributed by atoms with van der Waals surface area (Å²) in [6.45, 7) is 8.37. The van der Waals surface area contributed by atoms with Crippen LogP contribution in [0.2, 0.25) is 0 Å². The van der Waals surface area contributed by atoms with Crippen LogP contribution in [0.1, 0.15) is 42.1 Å². The number of rotatable bonds is 8. The summed E-state index contributed by atoms with van der Waals surface area (Å²) in [5.41, 5.74) is 3.43. The molecule has 7 nitrogen and oxygen atoms in total. The van der Waals surface area contributed by atoms with Crippen LogP contribution in [0.3, 0.4) is 0 Å². The van der Waals surface area contributed by atoms with Crippen LogP contribution in [0, 0.1) is 13.8 Å². The first-order valence-corrected chi connectivity index (χ1v) is 12.2. The van der Waals surface area contributed by atoms with Gasteiger partial charge in [-0.2, -0.15) is 0 Å². The third kappa shape index (κ3) is 4.89. The van der Waals surface area contributed by atoms with Gasteiger partial charge in [0.1, 0.15) is 23.0 Å². The average molecular weight is 502 g/mol. The lowest BCUT2D eigenvalue weighted by Gasteiger charge is -2.27. The number of ketones is 1. The highest BCUT2D eigenvalue weighted by Crippen LogP contribution is 2.44. The number of amides is 1. The van der Waals surface area contributed by atoms with Crippen LogP contribution in [0.15, 0.2) is 66.2 Å². The zero-order valence-corrected chi connectivity index (χ0v) is 21.7. The van der Waals surface area contributed by atoms with E-state index in [0.29, 0.717) is 47.3 Å². The van der Waals surface area contributed by atoms with Gasteiger partial charge < -0.3 is 19.3 Å². The number of ether oxygens (including phenoxy) is 3. The van der Waals surface area contributed by atoms with Crippen LogP contribution >= 0.6 is 0 Å². The molecule has 37 heavy (non-hydrogen) atoms. The summed E-state index contributed by atoms with van der Waals surface area (Å²) < 4.78 is 16.7. The molecule has 0 spiro atoms. The van der Waals surface area contributed by atoms with Crippen LogP contribution in [0.25, 0.3) is 5.76 Å². The Labute approximate surface area is 216 Å². The number of hydrogen-bond acceptors (Lipinski definition) is 6. The van der Waals surface area contributed by atoms with Gasteiger partial charge in [0.05, 0.1) is 37.5 Å². The van der Waals surface area contributed by atoms with Crippen molar-refractivity contribution in [1.82, 2.24) is 0 Å². The molecule has 1 heterocycles. The molecule has 0 aromatic heterocycles. The third-order valence-electron chi connectivity index (χ3n) is 6.31. The second kappa shape index (κ2) is 10.8. The number of carbonyl (C=O) groups excluding carboxylic acids is 2. The zero-order valence-electron chi connectivity index (χ0n) is 21.7. The molecule has 0 radical (unpaired) electrons. The van der Waals surface area contributed by atoms with E-state index in [2.05, 4.69) is 0 Å². The van der Waals surface area contributed by atoms with E-state index < -0.39 is 17.7 Å². The molecule has 192 valence electrons. The van der Waals surface area contributed by atoms with Crippen molar-refractivity contribution in [3.05, 3.63) is 88.5 Å². The monoisotopic (exact) mass is 501 g/mol. The maximum Gasteiger partial charge on any atom is 0.300 e. The molecule has 1 amide bonds. The molecule has 3 aromatic rings. The molecule has 1 N–H and O–H groups in total. The molecule has 7 heteroatoms. The fourth-order valence-corrected chi connectivity index (χ4v) is 4.63. The molecule has 0 aliphatic carbocycles. The van der Waals surface area contributed by atoms with Gasteiger partial charge >= 0.3 is 0 Å². The van der Waals surface area contributed by atoms with Crippen molar-refractivity contribution in [2.45, 2.75) is 33.7 Å². The van der Waals surface area contributed by atoms with E-state index >= 15 is 0 Å². The van der Waals surface area contributed by atoms with Crippen LogP contribution in [0.4, 0.5) is 5.69 Å². The molecule has 1 atom stereocenters. The molecule has 1 fully saturated rings. The average Bonchev–Trinajstić information content (AvgIpc) is 3.14. The van der Waals surface area contributed by atoms with Crippen LogP contribution in [0.5, 0.6) is 17.2 Å². The van der Waals surface area contributed by atoms with E-state index in [1.807, 2.05) is 45.9 Å². The van der Waals surface area contributed by atoms with Gasteiger partial charge in [0.2, 0.25) is 0 Å². The number of aliphatic hydroxyl groups is 1. The predicted octanol–water partition coefficient (Wildman–Crippen LogP) is 5.74. The lowest BCUT2D eigenvalue weighted by molar-refractivity contribution is -0.132. The first-order valence-electron chi connectivity index (χ1n) is 12.2.